The second-order valence-corrected chi connectivity index (χ2v) is 3.22. The molecule has 0 N–H and O–H groups in total. The summed E-state index contributed by atoms with van der Waals surface area (Å²) in [7, 11) is 1.41. The average molecular weight is 181 g/mol. The fourth-order valence-corrected chi connectivity index (χ4v) is 1.41. The topological polar surface area (TPSA) is 31.2 Å². The lowest BCUT2D eigenvalue weighted by Crippen LogP contribution is -2.13. The summed E-state index contributed by atoms with van der Waals surface area (Å²) in [5.74, 6) is -0.207. The normalized spacial score (nSPS) is 10.2. The number of ether oxygens (including phenoxy) is 1. The van der Waals surface area contributed by atoms with Gasteiger partial charge in [0, 0.05) is 11.4 Å². The first-order valence-corrected chi connectivity index (χ1v) is 4.26. The summed E-state index contributed by atoms with van der Waals surface area (Å²) in [5.41, 5.74) is 3.43. The smallest absolute Gasteiger partial charge is 0.325 e. The minimum absolute atomic E-state index is 0.207. The Morgan fingerprint density at radius 2 is 2.08 bits per heavy atom. The van der Waals surface area contributed by atoms with E-state index in [4.69, 9.17) is 0 Å². The SMILES string of the molecule is COC(=O)Cn1c(C)cc(C)c1C. The lowest BCUT2D eigenvalue weighted by molar-refractivity contribution is -0.141. The third-order valence-corrected chi connectivity index (χ3v) is 2.34. The number of hydrogen-bond donors (Lipinski definition) is 0. The van der Waals surface area contributed by atoms with Crippen molar-refractivity contribution in [1.29, 1.82) is 0 Å². The van der Waals surface area contributed by atoms with Gasteiger partial charge < -0.3 is 9.30 Å². The summed E-state index contributed by atoms with van der Waals surface area (Å²) < 4.78 is 6.57. The molecule has 3 heteroatoms. The van der Waals surface area contributed by atoms with E-state index >= 15 is 0 Å². The van der Waals surface area contributed by atoms with Crippen molar-refractivity contribution in [3.05, 3.63) is 23.0 Å². The number of methoxy groups -OCH3 is 1. The molecule has 0 aromatic carbocycles. The van der Waals surface area contributed by atoms with E-state index in [1.807, 2.05) is 25.3 Å². The van der Waals surface area contributed by atoms with Crippen LogP contribution in [0.3, 0.4) is 0 Å². The number of hydrogen-bond acceptors (Lipinski definition) is 2. The van der Waals surface area contributed by atoms with Crippen LogP contribution in [0.5, 0.6) is 0 Å². The molecule has 72 valence electrons. The molecule has 13 heavy (non-hydrogen) atoms. The molecule has 0 fully saturated rings. The van der Waals surface area contributed by atoms with Gasteiger partial charge in [-0.2, -0.15) is 0 Å². The highest BCUT2D eigenvalue weighted by atomic mass is 16.5. The van der Waals surface area contributed by atoms with Crippen LogP contribution in [-0.4, -0.2) is 17.6 Å². The fraction of sp³-hybridized carbons (Fsp3) is 0.500. The standard InChI is InChI=1S/C10H15NO2/c1-7-5-8(2)11(9(7)3)6-10(12)13-4/h5H,6H2,1-4H3. The van der Waals surface area contributed by atoms with Gasteiger partial charge in [0.25, 0.3) is 0 Å². The van der Waals surface area contributed by atoms with Crippen LogP contribution < -0.4 is 0 Å². The van der Waals surface area contributed by atoms with Crippen LogP contribution in [0.2, 0.25) is 0 Å². The molecular weight excluding hydrogens is 166 g/mol. The average Bonchev–Trinajstić information content (AvgIpc) is 2.32. The number of rotatable bonds is 2. The third kappa shape index (κ3) is 1.91. The molecular formula is C10H15NO2. The molecule has 0 bridgehead atoms. The maximum absolute atomic E-state index is 11.1. The van der Waals surface area contributed by atoms with E-state index in [1.54, 1.807) is 0 Å². The first kappa shape index (κ1) is 9.84. The van der Waals surface area contributed by atoms with E-state index in [1.165, 1.54) is 12.7 Å². The van der Waals surface area contributed by atoms with Crippen molar-refractivity contribution in [2.45, 2.75) is 27.3 Å². The molecule has 1 heterocycles. The summed E-state index contributed by atoms with van der Waals surface area (Å²) in [6.45, 7) is 6.34. The van der Waals surface area contributed by atoms with Gasteiger partial charge >= 0.3 is 5.97 Å². The second-order valence-electron chi connectivity index (χ2n) is 3.22. The molecule has 0 aliphatic rings. The van der Waals surface area contributed by atoms with Crippen molar-refractivity contribution in [2.24, 2.45) is 0 Å². The third-order valence-electron chi connectivity index (χ3n) is 2.34. The fourth-order valence-electron chi connectivity index (χ4n) is 1.41. The number of esters is 1. The number of aryl methyl sites for hydroxylation is 2. The summed E-state index contributed by atoms with van der Waals surface area (Å²) in [5, 5.41) is 0. The Labute approximate surface area is 78.3 Å². The van der Waals surface area contributed by atoms with Crippen LogP contribution in [0, 0.1) is 20.8 Å². The van der Waals surface area contributed by atoms with Crippen molar-refractivity contribution < 1.29 is 9.53 Å². The summed E-state index contributed by atoms with van der Waals surface area (Å²) in [6, 6.07) is 2.07. The van der Waals surface area contributed by atoms with Gasteiger partial charge in [-0.25, -0.2) is 0 Å². The Morgan fingerprint density at radius 3 is 2.46 bits per heavy atom. The lowest BCUT2D eigenvalue weighted by Gasteiger charge is -2.07. The van der Waals surface area contributed by atoms with Gasteiger partial charge in [-0.3, -0.25) is 4.79 Å². The van der Waals surface area contributed by atoms with Crippen molar-refractivity contribution in [1.82, 2.24) is 4.57 Å². The van der Waals surface area contributed by atoms with Crippen LogP contribution in [0.25, 0.3) is 0 Å². The van der Waals surface area contributed by atoms with Crippen LogP contribution in [0.15, 0.2) is 6.07 Å². The maximum atomic E-state index is 11.1. The van der Waals surface area contributed by atoms with Gasteiger partial charge in [-0.05, 0) is 32.4 Å². The lowest BCUT2D eigenvalue weighted by atomic mass is 10.3. The van der Waals surface area contributed by atoms with Crippen LogP contribution in [-0.2, 0) is 16.1 Å². The molecule has 0 saturated heterocycles. The van der Waals surface area contributed by atoms with Gasteiger partial charge in [0.2, 0.25) is 0 Å². The molecule has 0 saturated carbocycles. The molecule has 0 aliphatic heterocycles. The molecule has 0 unspecified atom stereocenters. The van der Waals surface area contributed by atoms with Crippen LogP contribution in [0.4, 0.5) is 0 Å². The van der Waals surface area contributed by atoms with Gasteiger partial charge in [0.1, 0.15) is 6.54 Å². The van der Waals surface area contributed by atoms with Crippen molar-refractivity contribution in [3.63, 3.8) is 0 Å². The second kappa shape index (κ2) is 3.64. The first-order chi connectivity index (χ1) is 6.06. The first-order valence-electron chi connectivity index (χ1n) is 4.26. The Balaban J connectivity index is 2.94. The largest absolute Gasteiger partial charge is 0.468 e. The molecule has 0 radical (unpaired) electrons. The molecule has 0 amide bonds. The van der Waals surface area contributed by atoms with Crippen molar-refractivity contribution >= 4 is 5.97 Å². The number of carbonyl (C=O) groups is 1. The van der Waals surface area contributed by atoms with E-state index < -0.39 is 0 Å². The molecule has 0 aliphatic carbocycles. The Hall–Kier alpha value is -1.25. The van der Waals surface area contributed by atoms with Crippen molar-refractivity contribution in [2.75, 3.05) is 7.11 Å². The summed E-state index contributed by atoms with van der Waals surface area (Å²) >= 11 is 0. The van der Waals surface area contributed by atoms with Gasteiger partial charge in [-0.1, -0.05) is 0 Å². The molecule has 1 aromatic rings. The summed E-state index contributed by atoms with van der Waals surface area (Å²) in [6.07, 6.45) is 0. The zero-order valence-corrected chi connectivity index (χ0v) is 8.55. The highest BCUT2D eigenvalue weighted by Gasteiger charge is 2.09. The highest BCUT2D eigenvalue weighted by Crippen LogP contribution is 2.13. The monoisotopic (exact) mass is 181 g/mol. The molecule has 3 nitrogen and oxygen atoms in total. The molecule has 1 rings (SSSR count). The predicted molar refractivity (Wildman–Crippen MR) is 50.7 cm³/mol. The van der Waals surface area contributed by atoms with E-state index in [0.717, 1.165) is 11.4 Å². The van der Waals surface area contributed by atoms with Gasteiger partial charge in [0.05, 0.1) is 7.11 Å². The Morgan fingerprint density at radius 1 is 1.46 bits per heavy atom. The van der Waals surface area contributed by atoms with Gasteiger partial charge in [-0.15, -0.1) is 0 Å². The molecule has 1 aromatic heterocycles. The van der Waals surface area contributed by atoms with Crippen LogP contribution >= 0.6 is 0 Å². The minimum Gasteiger partial charge on any atom is -0.468 e. The Bertz CT molecular complexity index is 326. The number of aromatic nitrogens is 1. The van der Waals surface area contributed by atoms with E-state index in [0.29, 0.717) is 6.54 Å². The zero-order chi connectivity index (χ0) is 10.0. The van der Waals surface area contributed by atoms with Crippen molar-refractivity contribution in [3.8, 4) is 0 Å². The van der Waals surface area contributed by atoms with Crippen LogP contribution in [0.1, 0.15) is 17.0 Å². The Kier molecular flexibility index (Phi) is 2.76. The van der Waals surface area contributed by atoms with Gasteiger partial charge in [0.15, 0.2) is 0 Å². The number of nitrogens with zero attached hydrogens (tertiary/aromatic N) is 1. The van der Waals surface area contributed by atoms with E-state index in [2.05, 4.69) is 10.8 Å². The summed E-state index contributed by atoms with van der Waals surface area (Å²) in [4.78, 5) is 11.1. The predicted octanol–water partition coefficient (Wildman–Crippen LogP) is 1.59. The molecule has 0 atom stereocenters. The zero-order valence-electron chi connectivity index (χ0n) is 8.55. The highest BCUT2D eigenvalue weighted by molar-refractivity contribution is 5.69. The molecule has 0 spiro atoms. The number of carbonyl (C=O) groups excluding carboxylic acids is 1. The van der Waals surface area contributed by atoms with E-state index in [9.17, 15) is 4.79 Å². The van der Waals surface area contributed by atoms with E-state index in [-0.39, 0.29) is 5.97 Å². The maximum Gasteiger partial charge on any atom is 0.325 e. The minimum atomic E-state index is -0.207. The quantitative estimate of drug-likeness (QED) is 0.649.